The van der Waals surface area contributed by atoms with Crippen molar-refractivity contribution in [2.75, 3.05) is 0 Å². The van der Waals surface area contributed by atoms with Crippen molar-refractivity contribution in [3.8, 4) is 0 Å². The quantitative estimate of drug-likeness (QED) is 0.648. The molecule has 1 aromatic rings. The van der Waals surface area contributed by atoms with Gasteiger partial charge in [0.2, 0.25) is 0 Å². The zero-order valence-electron chi connectivity index (χ0n) is 11.1. The van der Waals surface area contributed by atoms with Gasteiger partial charge in [-0.25, -0.2) is 0 Å². The van der Waals surface area contributed by atoms with Gasteiger partial charge in [-0.15, -0.1) is 0 Å². The van der Waals surface area contributed by atoms with Gasteiger partial charge in [-0.3, -0.25) is 0 Å². The Bertz CT molecular complexity index is 358. The molecule has 0 fully saturated rings. The van der Waals surface area contributed by atoms with Gasteiger partial charge in [-0.1, -0.05) is 51.0 Å². The summed E-state index contributed by atoms with van der Waals surface area (Å²) in [5.74, 6) is 0. The first-order valence-corrected chi connectivity index (χ1v) is 6.48. The Balaban J connectivity index is 3.10. The van der Waals surface area contributed by atoms with Crippen molar-refractivity contribution in [1.82, 2.24) is 0 Å². The van der Waals surface area contributed by atoms with E-state index in [-0.39, 0.29) is 0 Å². The molecule has 1 rings (SSSR count). The number of allylic oxidation sites excluding steroid dienone is 2. The van der Waals surface area contributed by atoms with E-state index in [1.54, 1.807) is 0 Å². The van der Waals surface area contributed by atoms with E-state index in [0.29, 0.717) is 0 Å². The minimum atomic E-state index is 1.19. The topological polar surface area (TPSA) is 0 Å². The molecule has 16 heavy (non-hydrogen) atoms. The third-order valence-electron chi connectivity index (χ3n) is 3.09. The lowest BCUT2D eigenvalue weighted by atomic mass is 9.94. The van der Waals surface area contributed by atoms with E-state index < -0.39 is 0 Å². The molecule has 0 spiro atoms. The van der Waals surface area contributed by atoms with Gasteiger partial charge in [0.05, 0.1) is 0 Å². The summed E-state index contributed by atoms with van der Waals surface area (Å²) in [4.78, 5) is 0. The highest BCUT2D eigenvalue weighted by atomic mass is 14.1. The number of rotatable bonds is 5. The predicted octanol–water partition coefficient (Wildman–Crippen LogP) is 5.01. The van der Waals surface area contributed by atoms with Gasteiger partial charge in [0, 0.05) is 0 Å². The number of hydrogen-bond donors (Lipinski definition) is 0. The zero-order valence-corrected chi connectivity index (χ0v) is 11.1. The summed E-state index contributed by atoms with van der Waals surface area (Å²) in [5.41, 5.74) is 5.83. The molecule has 0 aliphatic rings. The Morgan fingerprint density at radius 3 is 2.38 bits per heavy atom. The molecular formula is C16H24. The van der Waals surface area contributed by atoms with Crippen LogP contribution < -0.4 is 0 Å². The third kappa shape index (κ3) is 3.23. The Labute approximate surface area is 100 Å². The normalized spacial score (nSPS) is 11.9. The van der Waals surface area contributed by atoms with Crippen LogP contribution in [0.4, 0.5) is 0 Å². The Hall–Kier alpha value is -1.04. The van der Waals surface area contributed by atoms with Crippen LogP contribution in [0, 0.1) is 0 Å². The molecule has 0 heteroatoms. The second-order valence-corrected chi connectivity index (χ2v) is 4.46. The van der Waals surface area contributed by atoms with Crippen molar-refractivity contribution in [2.24, 2.45) is 0 Å². The van der Waals surface area contributed by atoms with Gasteiger partial charge in [0.25, 0.3) is 0 Å². The zero-order chi connectivity index (χ0) is 12.0. The molecule has 0 aliphatic carbocycles. The fourth-order valence-corrected chi connectivity index (χ4v) is 2.08. The number of aryl methyl sites for hydroxylation is 2. The summed E-state index contributed by atoms with van der Waals surface area (Å²) in [5, 5.41) is 0. The lowest BCUT2D eigenvalue weighted by molar-refractivity contribution is 0.900. The summed E-state index contributed by atoms with van der Waals surface area (Å²) in [6.07, 6.45) is 7.03. The van der Waals surface area contributed by atoms with Gasteiger partial charge in [-0.05, 0) is 49.0 Å². The summed E-state index contributed by atoms with van der Waals surface area (Å²) in [6.45, 7) is 8.82. The van der Waals surface area contributed by atoms with E-state index in [4.69, 9.17) is 0 Å². The minimum absolute atomic E-state index is 1.19. The smallest absolute Gasteiger partial charge is 0.0196 e. The van der Waals surface area contributed by atoms with Crippen LogP contribution in [-0.4, -0.2) is 0 Å². The highest BCUT2D eigenvalue weighted by Crippen LogP contribution is 2.22. The Morgan fingerprint density at radius 2 is 1.81 bits per heavy atom. The summed E-state index contributed by atoms with van der Waals surface area (Å²) in [7, 11) is 0. The maximum absolute atomic E-state index is 2.38. The molecule has 1 aromatic carbocycles. The van der Waals surface area contributed by atoms with Crippen molar-refractivity contribution in [3.63, 3.8) is 0 Å². The highest BCUT2D eigenvalue weighted by Gasteiger charge is 2.04. The lowest BCUT2D eigenvalue weighted by Crippen LogP contribution is -1.94. The van der Waals surface area contributed by atoms with Crippen LogP contribution in [0.1, 0.15) is 57.2 Å². The summed E-state index contributed by atoms with van der Waals surface area (Å²) in [6, 6.07) is 6.99. The van der Waals surface area contributed by atoms with Gasteiger partial charge in [0.1, 0.15) is 0 Å². The summed E-state index contributed by atoms with van der Waals surface area (Å²) >= 11 is 0. The highest BCUT2D eigenvalue weighted by molar-refractivity contribution is 5.67. The van der Waals surface area contributed by atoms with Crippen molar-refractivity contribution < 1.29 is 0 Å². The Morgan fingerprint density at radius 1 is 1.12 bits per heavy atom. The fraction of sp³-hybridized carbons (Fsp3) is 0.500. The second-order valence-electron chi connectivity index (χ2n) is 4.46. The summed E-state index contributed by atoms with van der Waals surface area (Å²) < 4.78 is 0. The molecule has 0 amide bonds. The average Bonchev–Trinajstić information content (AvgIpc) is 2.31. The van der Waals surface area contributed by atoms with Crippen LogP contribution in [0.3, 0.4) is 0 Å². The lowest BCUT2D eigenvalue weighted by Gasteiger charge is -2.11. The van der Waals surface area contributed by atoms with Crippen LogP contribution >= 0.6 is 0 Å². The molecule has 0 unspecified atom stereocenters. The maximum Gasteiger partial charge on any atom is -0.0196 e. The minimum Gasteiger partial charge on any atom is -0.0841 e. The molecule has 0 heterocycles. The second kappa shape index (κ2) is 6.52. The van der Waals surface area contributed by atoms with Gasteiger partial charge in [-0.2, -0.15) is 0 Å². The van der Waals surface area contributed by atoms with Crippen molar-refractivity contribution in [2.45, 2.75) is 53.4 Å². The van der Waals surface area contributed by atoms with Gasteiger partial charge < -0.3 is 0 Å². The number of hydrogen-bond acceptors (Lipinski definition) is 0. The number of benzene rings is 1. The van der Waals surface area contributed by atoms with Crippen LogP contribution in [0.25, 0.3) is 5.57 Å². The standard InChI is InChI=1S/C16H24/c1-5-8-14-10-11-15(9-6-2)16(12-14)13(4)7-3/h7,10-12H,5-6,8-9H2,1-4H3/b13-7-. The van der Waals surface area contributed by atoms with E-state index in [9.17, 15) is 0 Å². The molecule has 0 saturated carbocycles. The van der Waals surface area contributed by atoms with Crippen LogP contribution in [-0.2, 0) is 12.8 Å². The molecule has 0 saturated heterocycles. The monoisotopic (exact) mass is 216 g/mol. The van der Waals surface area contributed by atoms with E-state index in [0.717, 1.165) is 0 Å². The SMILES string of the molecule is C/C=C(/C)c1cc(CCC)ccc1CCC. The molecule has 0 N–H and O–H groups in total. The molecule has 0 aliphatic heterocycles. The van der Waals surface area contributed by atoms with Crippen molar-refractivity contribution >= 4 is 5.57 Å². The van der Waals surface area contributed by atoms with E-state index in [2.05, 4.69) is 52.0 Å². The molecule has 0 bridgehead atoms. The average molecular weight is 216 g/mol. The molecule has 88 valence electrons. The van der Waals surface area contributed by atoms with Gasteiger partial charge >= 0.3 is 0 Å². The fourth-order valence-electron chi connectivity index (χ4n) is 2.08. The van der Waals surface area contributed by atoms with Crippen LogP contribution in [0.15, 0.2) is 24.3 Å². The molecule has 0 atom stereocenters. The van der Waals surface area contributed by atoms with Crippen molar-refractivity contribution in [3.05, 3.63) is 41.0 Å². The van der Waals surface area contributed by atoms with Crippen LogP contribution in [0.2, 0.25) is 0 Å². The molecule has 0 aromatic heterocycles. The van der Waals surface area contributed by atoms with E-state index in [1.165, 1.54) is 47.9 Å². The molecule has 0 nitrogen and oxygen atoms in total. The largest absolute Gasteiger partial charge is 0.0841 e. The van der Waals surface area contributed by atoms with E-state index in [1.807, 2.05) is 0 Å². The van der Waals surface area contributed by atoms with Crippen molar-refractivity contribution in [1.29, 1.82) is 0 Å². The third-order valence-corrected chi connectivity index (χ3v) is 3.09. The maximum atomic E-state index is 2.38. The van der Waals surface area contributed by atoms with Gasteiger partial charge in [0.15, 0.2) is 0 Å². The van der Waals surface area contributed by atoms with E-state index >= 15 is 0 Å². The van der Waals surface area contributed by atoms with Crippen LogP contribution in [0.5, 0.6) is 0 Å². The Kier molecular flexibility index (Phi) is 5.31. The first kappa shape index (κ1) is 13.0. The first-order valence-electron chi connectivity index (χ1n) is 6.48. The molecular weight excluding hydrogens is 192 g/mol. The first-order chi connectivity index (χ1) is 7.72. The predicted molar refractivity (Wildman–Crippen MR) is 73.8 cm³/mol. The molecule has 0 radical (unpaired) electrons.